The predicted octanol–water partition coefficient (Wildman–Crippen LogP) is 1.67. The molecule has 14 heavy (non-hydrogen) atoms. The number of hydrogen-bond acceptors (Lipinski definition) is 2. The lowest BCUT2D eigenvalue weighted by molar-refractivity contribution is -0.117. The Morgan fingerprint density at radius 2 is 2.00 bits per heavy atom. The smallest absolute Gasteiger partial charge is 0.209 e. The third-order valence-corrected chi connectivity index (χ3v) is 1.85. The van der Waals surface area contributed by atoms with Crippen LogP contribution in [-0.2, 0) is 11.3 Å². The molecule has 0 atom stereocenters. The van der Waals surface area contributed by atoms with Gasteiger partial charge in [0.15, 0.2) is 0 Å². The molecule has 0 bridgehead atoms. The summed E-state index contributed by atoms with van der Waals surface area (Å²) in [5, 5.41) is 0. The zero-order valence-corrected chi connectivity index (χ0v) is 8.56. The second-order valence-corrected chi connectivity index (χ2v) is 3.10. The molecule has 0 N–H and O–H groups in total. The molecule has 3 heteroatoms. The Morgan fingerprint density at radius 3 is 2.50 bits per heavy atom. The van der Waals surface area contributed by atoms with E-state index in [1.807, 2.05) is 31.2 Å². The Kier molecular flexibility index (Phi) is 3.98. The first-order valence-corrected chi connectivity index (χ1v) is 4.63. The Labute approximate surface area is 84.3 Å². The molecule has 0 heterocycles. The van der Waals surface area contributed by atoms with Crippen LogP contribution in [0.1, 0.15) is 12.5 Å². The fourth-order valence-corrected chi connectivity index (χ4v) is 1.18. The molecule has 1 aromatic carbocycles. The highest BCUT2D eigenvalue weighted by molar-refractivity contribution is 5.46. The van der Waals surface area contributed by atoms with E-state index in [0.29, 0.717) is 13.2 Å². The van der Waals surface area contributed by atoms with Gasteiger partial charge in [-0.15, -0.1) is 0 Å². The second kappa shape index (κ2) is 5.27. The first-order chi connectivity index (χ1) is 6.76. The van der Waals surface area contributed by atoms with Gasteiger partial charge in [0, 0.05) is 13.6 Å². The van der Waals surface area contributed by atoms with Crippen LogP contribution in [0.25, 0.3) is 0 Å². The summed E-state index contributed by atoms with van der Waals surface area (Å²) < 4.78 is 5.31. The maximum absolute atomic E-state index is 10.4. The SMILES string of the molecule is CCOc1ccc(CN(C)C=O)cc1. The molecule has 3 nitrogen and oxygen atoms in total. The van der Waals surface area contributed by atoms with E-state index in [1.54, 1.807) is 11.9 Å². The zero-order valence-electron chi connectivity index (χ0n) is 8.56. The maximum atomic E-state index is 10.4. The summed E-state index contributed by atoms with van der Waals surface area (Å²) in [5.74, 6) is 0.866. The van der Waals surface area contributed by atoms with Crippen LogP contribution >= 0.6 is 0 Å². The molecule has 0 fully saturated rings. The minimum absolute atomic E-state index is 0.635. The Hall–Kier alpha value is -1.51. The first-order valence-electron chi connectivity index (χ1n) is 4.63. The van der Waals surface area contributed by atoms with Gasteiger partial charge in [0.05, 0.1) is 6.61 Å². The third-order valence-electron chi connectivity index (χ3n) is 1.85. The number of hydrogen-bond donors (Lipinski definition) is 0. The number of carbonyl (C=O) groups excluding carboxylic acids is 1. The topological polar surface area (TPSA) is 29.5 Å². The second-order valence-electron chi connectivity index (χ2n) is 3.10. The molecule has 0 saturated carbocycles. The maximum Gasteiger partial charge on any atom is 0.209 e. The van der Waals surface area contributed by atoms with Crippen molar-refractivity contribution >= 4 is 6.41 Å². The van der Waals surface area contributed by atoms with Crippen molar-refractivity contribution in [3.8, 4) is 5.75 Å². The highest BCUT2D eigenvalue weighted by Crippen LogP contribution is 2.12. The van der Waals surface area contributed by atoms with E-state index in [2.05, 4.69) is 0 Å². The van der Waals surface area contributed by atoms with Gasteiger partial charge in [0.1, 0.15) is 5.75 Å². The number of rotatable bonds is 5. The van der Waals surface area contributed by atoms with Crippen LogP contribution in [0.2, 0.25) is 0 Å². The molecular formula is C11H15NO2. The van der Waals surface area contributed by atoms with Crippen molar-refractivity contribution < 1.29 is 9.53 Å². The predicted molar refractivity (Wildman–Crippen MR) is 55.1 cm³/mol. The van der Waals surface area contributed by atoms with E-state index in [-0.39, 0.29) is 0 Å². The van der Waals surface area contributed by atoms with Crippen LogP contribution in [0, 0.1) is 0 Å². The van der Waals surface area contributed by atoms with Crippen molar-refractivity contribution in [2.75, 3.05) is 13.7 Å². The normalized spacial score (nSPS) is 9.57. The summed E-state index contributed by atoms with van der Waals surface area (Å²) in [5.41, 5.74) is 1.10. The van der Waals surface area contributed by atoms with E-state index in [0.717, 1.165) is 17.7 Å². The van der Waals surface area contributed by atoms with Crippen LogP contribution < -0.4 is 4.74 Å². The van der Waals surface area contributed by atoms with Crippen LogP contribution in [0.3, 0.4) is 0 Å². The zero-order chi connectivity index (χ0) is 10.4. The number of benzene rings is 1. The molecule has 0 aliphatic carbocycles. The molecule has 0 aliphatic heterocycles. The summed E-state index contributed by atoms with van der Waals surface area (Å²) >= 11 is 0. The van der Waals surface area contributed by atoms with E-state index < -0.39 is 0 Å². The highest BCUT2D eigenvalue weighted by Gasteiger charge is 1.97. The van der Waals surface area contributed by atoms with Crippen molar-refractivity contribution in [2.45, 2.75) is 13.5 Å². The summed E-state index contributed by atoms with van der Waals surface area (Å²) in [4.78, 5) is 12.0. The van der Waals surface area contributed by atoms with E-state index >= 15 is 0 Å². The Balaban J connectivity index is 2.59. The largest absolute Gasteiger partial charge is 0.494 e. The summed E-state index contributed by atoms with van der Waals surface area (Å²) in [6, 6.07) is 7.75. The molecule has 1 rings (SSSR count). The van der Waals surface area contributed by atoms with E-state index in [9.17, 15) is 4.79 Å². The average Bonchev–Trinajstić information content (AvgIpc) is 2.21. The van der Waals surface area contributed by atoms with Crippen LogP contribution in [0.15, 0.2) is 24.3 Å². The van der Waals surface area contributed by atoms with Gasteiger partial charge >= 0.3 is 0 Å². The molecule has 0 aromatic heterocycles. The van der Waals surface area contributed by atoms with E-state index in [4.69, 9.17) is 4.74 Å². The van der Waals surface area contributed by atoms with Crippen molar-refractivity contribution in [2.24, 2.45) is 0 Å². The van der Waals surface area contributed by atoms with Gasteiger partial charge in [0.2, 0.25) is 6.41 Å². The average molecular weight is 193 g/mol. The molecule has 0 aliphatic rings. The van der Waals surface area contributed by atoms with Crippen molar-refractivity contribution in [1.82, 2.24) is 4.90 Å². The monoisotopic (exact) mass is 193 g/mol. The van der Waals surface area contributed by atoms with Gasteiger partial charge in [0.25, 0.3) is 0 Å². The van der Waals surface area contributed by atoms with Gasteiger partial charge in [-0.2, -0.15) is 0 Å². The Morgan fingerprint density at radius 1 is 1.36 bits per heavy atom. The standard InChI is InChI=1S/C11H15NO2/c1-3-14-11-6-4-10(5-7-11)8-12(2)9-13/h4-7,9H,3,8H2,1-2H3. The van der Waals surface area contributed by atoms with Gasteiger partial charge in [-0.05, 0) is 24.6 Å². The van der Waals surface area contributed by atoms with Crippen LogP contribution in [0.4, 0.5) is 0 Å². The minimum Gasteiger partial charge on any atom is -0.494 e. The summed E-state index contributed by atoms with van der Waals surface area (Å²) in [6.45, 7) is 3.26. The lowest BCUT2D eigenvalue weighted by Crippen LogP contribution is -2.14. The van der Waals surface area contributed by atoms with Crippen molar-refractivity contribution in [3.05, 3.63) is 29.8 Å². The minimum atomic E-state index is 0.635. The van der Waals surface area contributed by atoms with Crippen LogP contribution in [-0.4, -0.2) is 25.0 Å². The van der Waals surface area contributed by atoms with Crippen molar-refractivity contribution in [1.29, 1.82) is 0 Å². The van der Waals surface area contributed by atoms with Gasteiger partial charge < -0.3 is 9.64 Å². The first kappa shape index (κ1) is 10.6. The fraction of sp³-hybridized carbons (Fsp3) is 0.364. The molecule has 0 radical (unpaired) electrons. The number of nitrogens with zero attached hydrogens (tertiary/aromatic N) is 1. The lowest BCUT2D eigenvalue weighted by atomic mass is 10.2. The molecule has 1 aromatic rings. The van der Waals surface area contributed by atoms with Gasteiger partial charge in [-0.1, -0.05) is 12.1 Å². The molecule has 1 amide bonds. The molecule has 76 valence electrons. The van der Waals surface area contributed by atoms with Gasteiger partial charge in [-0.3, -0.25) is 4.79 Å². The quantitative estimate of drug-likeness (QED) is 0.666. The molecule has 0 saturated heterocycles. The molecular weight excluding hydrogens is 178 g/mol. The van der Waals surface area contributed by atoms with Crippen molar-refractivity contribution in [3.63, 3.8) is 0 Å². The van der Waals surface area contributed by atoms with Gasteiger partial charge in [-0.25, -0.2) is 0 Å². The number of ether oxygens (including phenoxy) is 1. The third kappa shape index (κ3) is 3.09. The highest BCUT2D eigenvalue weighted by atomic mass is 16.5. The number of carbonyl (C=O) groups is 1. The fourth-order valence-electron chi connectivity index (χ4n) is 1.18. The summed E-state index contributed by atoms with van der Waals surface area (Å²) in [7, 11) is 1.75. The lowest BCUT2D eigenvalue weighted by Gasteiger charge is -2.10. The summed E-state index contributed by atoms with van der Waals surface area (Å²) in [6.07, 6.45) is 0.816. The number of amides is 1. The molecule has 0 spiro atoms. The Bertz CT molecular complexity index is 282. The van der Waals surface area contributed by atoms with Crippen LogP contribution in [0.5, 0.6) is 5.75 Å². The molecule has 0 unspecified atom stereocenters. The van der Waals surface area contributed by atoms with E-state index in [1.165, 1.54) is 0 Å².